The highest BCUT2D eigenvalue weighted by atomic mass is 35.6. The molecule has 2 N–H and O–H groups in total. The van der Waals surface area contributed by atoms with Crippen LogP contribution in [0.3, 0.4) is 0 Å². The zero-order valence-electron chi connectivity index (χ0n) is 29.3. The van der Waals surface area contributed by atoms with Crippen molar-refractivity contribution in [2.24, 2.45) is 0 Å². The van der Waals surface area contributed by atoms with Crippen molar-refractivity contribution in [2.75, 3.05) is 56.2 Å². The normalized spacial score (nSPS) is 17.5. The van der Waals surface area contributed by atoms with E-state index in [1.807, 2.05) is 65.6 Å². The summed E-state index contributed by atoms with van der Waals surface area (Å²) >= 11 is 23.9. The average Bonchev–Trinajstić information content (AvgIpc) is 3.52. The highest BCUT2D eigenvalue weighted by Gasteiger charge is 2.41. The Hall–Kier alpha value is -2.92. The summed E-state index contributed by atoms with van der Waals surface area (Å²) in [4.78, 5) is 17.3. The maximum Gasteiger partial charge on any atom is 0.272 e. The maximum absolute atomic E-state index is 13.7. The van der Waals surface area contributed by atoms with Gasteiger partial charge < -0.3 is 25.0 Å². The fourth-order valence-electron chi connectivity index (χ4n) is 5.83. The van der Waals surface area contributed by atoms with Crippen LogP contribution >= 0.6 is 47.0 Å². The van der Waals surface area contributed by atoms with Crippen molar-refractivity contribution in [1.82, 2.24) is 10.2 Å². The Bertz CT molecular complexity index is 1570. The van der Waals surface area contributed by atoms with Crippen LogP contribution in [-0.2, 0) is 16.0 Å². The van der Waals surface area contributed by atoms with E-state index in [9.17, 15) is 9.18 Å². The molecule has 1 amide bonds. The third kappa shape index (κ3) is 13.5. The molecule has 2 aliphatic rings. The smallest absolute Gasteiger partial charge is 0.272 e. The molecule has 1 fully saturated rings. The van der Waals surface area contributed by atoms with Gasteiger partial charge in [-0.2, -0.15) is 0 Å². The largest absolute Gasteiger partial charge is 0.493 e. The highest BCUT2D eigenvalue weighted by Crippen LogP contribution is 2.36. The number of hydrogen-bond acceptors (Lipinski definition) is 5. The van der Waals surface area contributed by atoms with Gasteiger partial charge in [0.2, 0.25) is 0 Å². The second-order valence-electron chi connectivity index (χ2n) is 12.7. The lowest BCUT2D eigenvalue weighted by Gasteiger charge is -2.31. The number of nitrogens with zero attached hydrogens (tertiary/aromatic N) is 2. The van der Waals surface area contributed by atoms with Crippen LogP contribution in [0, 0.1) is 5.82 Å². The van der Waals surface area contributed by atoms with E-state index >= 15 is 0 Å². The zero-order valence-corrected chi connectivity index (χ0v) is 32.4. The van der Waals surface area contributed by atoms with Gasteiger partial charge in [0.25, 0.3) is 9.70 Å². The van der Waals surface area contributed by atoms with Gasteiger partial charge in [0.15, 0.2) is 5.11 Å². The van der Waals surface area contributed by atoms with Gasteiger partial charge in [-0.1, -0.05) is 110 Å². The van der Waals surface area contributed by atoms with Crippen molar-refractivity contribution in [3.8, 4) is 5.75 Å². The number of benzene rings is 3. The molecule has 51 heavy (non-hydrogen) atoms. The van der Waals surface area contributed by atoms with Gasteiger partial charge in [0.05, 0.1) is 25.4 Å². The van der Waals surface area contributed by atoms with E-state index in [0.717, 1.165) is 67.5 Å². The number of amides is 1. The van der Waals surface area contributed by atoms with Gasteiger partial charge in [-0.25, -0.2) is 4.39 Å². The molecule has 1 unspecified atom stereocenters. The van der Waals surface area contributed by atoms with Crippen molar-refractivity contribution >= 4 is 69.4 Å². The van der Waals surface area contributed by atoms with Crippen LogP contribution in [-0.4, -0.2) is 71.3 Å². The molecule has 12 heteroatoms. The predicted octanol–water partition coefficient (Wildman–Crippen LogP) is 9.12. The molecule has 1 heterocycles. The standard InChI is InChI=1S/C35H38Cl3FN4O3S.C4H10/c36-35(37,38)32(44)41-34(23-26-10-12-28(39)13-11-26)15-14-27(24-34)25-43(33(47)40-29-6-2-1-3-7-29)30-8-4-9-31(22-30)46-19-5-16-42-17-20-45-21-18-42;1-3-4-2/h1-4,6-13,22,24H,5,14-21,23,25H2,(H,40,47)(H,41,44);3-4H2,1-2H3. The fourth-order valence-corrected chi connectivity index (χ4v) is 6.26. The fraction of sp³-hybridized carbons (Fsp3) is 0.436. The number of hydrogen-bond donors (Lipinski definition) is 2. The van der Waals surface area contributed by atoms with E-state index < -0.39 is 15.2 Å². The van der Waals surface area contributed by atoms with Crippen LogP contribution in [0.15, 0.2) is 90.5 Å². The molecule has 3 aromatic rings. The van der Waals surface area contributed by atoms with E-state index in [4.69, 9.17) is 56.5 Å². The van der Waals surface area contributed by atoms with Crippen molar-refractivity contribution in [1.29, 1.82) is 0 Å². The molecular formula is C39H48Cl3FN4O3S. The molecule has 7 nitrogen and oxygen atoms in total. The zero-order chi connectivity index (χ0) is 36.7. The summed E-state index contributed by atoms with van der Waals surface area (Å²) in [6.45, 7) is 9.80. The first-order valence-electron chi connectivity index (χ1n) is 17.5. The van der Waals surface area contributed by atoms with Crippen LogP contribution in [0.1, 0.15) is 51.5 Å². The Balaban J connectivity index is 0.00000138. The van der Waals surface area contributed by atoms with Crippen molar-refractivity contribution in [3.63, 3.8) is 0 Å². The van der Waals surface area contributed by atoms with E-state index in [2.05, 4.69) is 29.4 Å². The first-order valence-corrected chi connectivity index (χ1v) is 19.1. The van der Waals surface area contributed by atoms with E-state index in [-0.39, 0.29) is 5.82 Å². The Kier molecular flexibility index (Phi) is 16.3. The number of halogens is 4. The molecular weight excluding hydrogens is 730 g/mol. The van der Waals surface area contributed by atoms with Gasteiger partial charge in [0, 0.05) is 43.6 Å². The second kappa shape index (κ2) is 20.4. The summed E-state index contributed by atoms with van der Waals surface area (Å²) in [6.07, 6.45) is 7.18. The number of anilines is 2. The summed E-state index contributed by atoms with van der Waals surface area (Å²) in [5.41, 5.74) is 2.74. The second-order valence-corrected chi connectivity index (χ2v) is 15.4. The first-order chi connectivity index (χ1) is 24.5. The molecule has 1 saturated heterocycles. The molecule has 0 spiro atoms. The van der Waals surface area contributed by atoms with Crippen LogP contribution in [0.5, 0.6) is 5.75 Å². The molecule has 1 aliphatic carbocycles. The summed E-state index contributed by atoms with van der Waals surface area (Å²) < 4.78 is 23.2. The number of nitrogens with one attached hydrogen (secondary N) is 2. The van der Waals surface area contributed by atoms with Crippen molar-refractivity contribution in [3.05, 3.63) is 102 Å². The maximum atomic E-state index is 13.7. The minimum atomic E-state index is -2.14. The molecule has 1 atom stereocenters. The third-order valence-electron chi connectivity index (χ3n) is 8.68. The van der Waals surface area contributed by atoms with Gasteiger partial charge in [-0.05, 0) is 79.9 Å². The first kappa shape index (κ1) is 40.8. The molecule has 0 aromatic heterocycles. The van der Waals surface area contributed by atoms with Gasteiger partial charge in [-0.15, -0.1) is 0 Å². The van der Waals surface area contributed by atoms with Gasteiger partial charge in [-0.3, -0.25) is 9.69 Å². The number of ether oxygens (including phenoxy) is 2. The quantitative estimate of drug-likeness (QED) is 0.0777. The molecule has 5 rings (SSSR count). The lowest BCUT2D eigenvalue weighted by molar-refractivity contribution is -0.121. The van der Waals surface area contributed by atoms with Crippen LogP contribution in [0.25, 0.3) is 0 Å². The number of carbonyl (C=O) groups excluding carboxylic acids is 1. The minimum Gasteiger partial charge on any atom is -0.493 e. The molecule has 0 radical (unpaired) electrons. The number of carbonyl (C=O) groups is 1. The van der Waals surface area contributed by atoms with Crippen LogP contribution < -0.4 is 20.3 Å². The number of alkyl halides is 3. The van der Waals surface area contributed by atoms with Gasteiger partial charge >= 0.3 is 0 Å². The van der Waals surface area contributed by atoms with Gasteiger partial charge in [0.1, 0.15) is 11.6 Å². The third-order valence-corrected chi connectivity index (χ3v) is 9.51. The lowest BCUT2D eigenvalue weighted by Crippen LogP contribution is -2.51. The Morgan fingerprint density at radius 3 is 2.39 bits per heavy atom. The molecule has 0 bridgehead atoms. The van der Waals surface area contributed by atoms with E-state index in [0.29, 0.717) is 37.5 Å². The van der Waals surface area contributed by atoms with Crippen molar-refractivity contribution in [2.45, 2.75) is 61.7 Å². The topological polar surface area (TPSA) is 66.1 Å². The molecule has 276 valence electrons. The van der Waals surface area contributed by atoms with E-state index in [1.165, 1.54) is 25.0 Å². The molecule has 1 aliphatic heterocycles. The summed E-state index contributed by atoms with van der Waals surface area (Å²) in [6, 6.07) is 23.8. The number of para-hydroxylation sites is 1. The number of rotatable bonds is 13. The predicted molar refractivity (Wildman–Crippen MR) is 213 cm³/mol. The molecule has 0 saturated carbocycles. The molecule has 3 aromatic carbocycles. The van der Waals surface area contributed by atoms with Crippen LogP contribution in [0.2, 0.25) is 0 Å². The average molecular weight is 778 g/mol. The summed E-state index contributed by atoms with van der Waals surface area (Å²) in [5, 5.41) is 6.83. The number of unbranched alkanes of at least 4 members (excludes halogenated alkanes) is 1. The minimum absolute atomic E-state index is 0.339. The van der Waals surface area contributed by atoms with Crippen molar-refractivity contribution < 1.29 is 18.7 Å². The number of morpholine rings is 1. The summed E-state index contributed by atoms with van der Waals surface area (Å²) in [7, 11) is 0. The van der Waals surface area contributed by atoms with E-state index in [1.54, 1.807) is 12.1 Å². The monoisotopic (exact) mass is 776 g/mol. The Labute approximate surface area is 322 Å². The highest BCUT2D eigenvalue weighted by molar-refractivity contribution is 7.80. The number of thiocarbonyl (C=S) groups is 1. The SMILES string of the molecule is CCCC.O=C(NC1(Cc2ccc(F)cc2)C=C(CN(C(=S)Nc2ccccc2)c2cccc(OCCCN3CCOCC3)c2)CC1)C(Cl)(Cl)Cl. The lowest BCUT2D eigenvalue weighted by atomic mass is 9.90. The Morgan fingerprint density at radius 1 is 1.02 bits per heavy atom. The summed E-state index contributed by atoms with van der Waals surface area (Å²) in [5.74, 6) is -0.314. The Morgan fingerprint density at radius 2 is 1.73 bits per heavy atom. The van der Waals surface area contributed by atoms with Crippen LogP contribution in [0.4, 0.5) is 15.8 Å².